The van der Waals surface area contributed by atoms with E-state index in [2.05, 4.69) is 10.3 Å². The summed E-state index contributed by atoms with van der Waals surface area (Å²) >= 11 is 0. The fourth-order valence-electron chi connectivity index (χ4n) is 3.15. The van der Waals surface area contributed by atoms with Crippen LogP contribution in [0.1, 0.15) is 29.2 Å². The predicted molar refractivity (Wildman–Crippen MR) is 92.4 cm³/mol. The van der Waals surface area contributed by atoms with E-state index in [0.717, 1.165) is 16.7 Å². The fraction of sp³-hybridized carbons (Fsp3) is 0.316. The minimum atomic E-state index is -0.424. The summed E-state index contributed by atoms with van der Waals surface area (Å²) in [5, 5.41) is 2.85. The average Bonchev–Trinajstić information content (AvgIpc) is 2.84. The third-order valence-corrected chi connectivity index (χ3v) is 4.51. The van der Waals surface area contributed by atoms with Crippen molar-refractivity contribution < 1.29 is 9.59 Å². The van der Waals surface area contributed by atoms with E-state index in [4.69, 9.17) is 0 Å². The molecule has 124 valence electrons. The van der Waals surface area contributed by atoms with Crippen LogP contribution in [0.25, 0.3) is 0 Å². The number of carbonyl (C=O) groups is 2. The van der Waals surface area contributed by atoms with Crippen LogP contribution in [0.4, 0.5) is 5.82 Å². The Bertz CT molecular complexity index is 770. The monoisotopic (exact) mass is 323 g/mol. The molecular formula is C19H21N3O2. The van der Waals surface area contributed by atoms with Crippen molar-refractivity contribution in [3.63, 3.8) is 0 Å². The SMILES string of the molecule is Cc1ccc([C@@H]2[C@@H](C(=O)Nc3cc(C)ccn3)CC(=O)N2C)cc1. The number of aromatic nitrogens is 1. The summed E-state index contributed by atoms with van der Waals surface area (Å²) < 4.78 is 0. The van der Waals surface area contributed by atoms with E-state index in [1.807, 2.05) is 50.2 Å². The molecule has 5 heteroatoms. The first-order valence-corrected chi connectivity index (χ1v) is 8.01. The number of likely N-dealkylation sites (tertiary alicyclic amines) is 1. The summed E-state index contributed by atoms with van der Waals surface area (Å²) in [6.07, 6.45) is 1.88. The number of hydrogen-bond donors (Lipinski definition) is 1. The van der Waals surface area contributed by atoms with Crippen LogP contribution in [0.5, 0.6) is 0 Å². The number of nitrogens with zero attached hydrogens (tertiary/aromatic N) is 2. The number of rotatable bonds is 3. The van der Waals surface area contributed by atoms with Crippen LogP contribution in [0, 0.1) is 19.8 Å². The molecule has 0 saturated carbocycles. The van der Waals surface area contributed by atoms with Gasteiger partial charge in [-0.05, 0) is 37.1 Å². The van der Waals surface area contributed by atoms with E-state index in [-0.39, 0.29) is 24.3 Å². The topological polar surface area (TPSA) is 62.3 Å². The van der Waals surface area contributed by atoms with Gasteiger partial charge < -0.3 is 10.2 Å². The molecule has 1 aliphatic rings. The molecule has 1 saturated heterocycles. The van der Waals surface area contributed by atoms with Crippen LogP contribution in [-0.2, 0) is 9.59 Å². The molecule has 1 N–H and O–H groups in total. The highest BCUT2D eigenvalue weighted by Gasteiger charge is 2.42. The van der Waals surface area contributed by atoms with Gasteiger partial charge in [-0.25, -0.2) is 4.98 Å². The van der Waals surface area contributed by atoms with E-state index in [0.29, 0.717) is 5.82 Å². The molecule has 2 aromatic rings. The first-order chi connectivity index (χ1) is 11.5. The number of benzene rings is 1. The lowest BCUT2D eigenvalue weighted by Crippen LogP contribution is -2.30. The molecule has 0 spiro atoms. The highest BCUT2D eigenvalue weighted by Crippen LogP contribution is 2.37. The van der Waals surface area contributed by atoms with Gasteiger partial charge in [0, 0.05) is 19.7 Å². The number of pyridine rings is 1. The molecule has 1 fully saturated rings. The van der Waals surface area contributed by atoms with E-state index in [1.54, 1.807) is 18.1 Å². The zero-order valence-electron chi connectivity index (χ0n) is 14.1. The third kappa shape index (κ3) is 3.15. The summed E-state index contributed by atoms with van der Waals surface area (Å²) in [4.78, 5) is 30.7. The van der Waals surface area contributed by atoms with Gasteiger partial charge in [0.25, 0.3) is 0 Å². The summed E-state index contributed by atoms with van der Waals surface area (Å²) in [6.45, 7) is 3.96. The van der Waals surface area contributed by atoms with Crippen molar-refractivity contribution in [2.75, 3.05) is 12.4 Å². The Labute approximate surface area is 141 Å². The first kappa shape index (κ1) is 16.2. The Morgan fingerprint density at radius 2 is 1.88 bits per heavy atom. The minimum Gasteiger partial charge on any atom is -0.338 e. The molecular weight excluding hydrogens is 302 g/mol. The van der Waals surface area contributed by atoms with Gasteiger partial charge in [0.1, 0.15) is 5.82 Å². The van der Waals surface area contributed by atoms with Gasteiger partial charge >= 0.3 is 0 Å². The standard InChI is InChI=1S/C19H21N3O2/c1-12-4-6-14(7-5-12)18-15(11-17(23)22(18)3)19(24)21-16-10-13(2)8-9-20-16/h4-10,15,18H,11H2,1-3H3,(H,20,21,24)/t15-,18+/m0/s1. The van der Waals surface area contributed by atoms with E-state index in [1.165, 1.54) is 0 Å². The highest BCUT2D eigenvalue weighted by atomic mass is 16.2. The van der Waals surface area contributed by atoms with Crippen LogP contribution in [0.3, 0.4) is 0 Å². The van der Waals surface area contributed by atoms with Crippen LogP contribution >= 0.6 is 0 Å². The highest BCUT2D eigenvalue weighted by molar-refractivity contribution is 5.97. The van der Waals surface area contributed by atoms with Crippen molar-refractivity contribution in [1.82, 2.24) is 9.88 Å². The smallest absolute Gasteiger partial charge is 0.231 e. The van der Waals surface area contributed by atoms with Crippen molar-refractivity contribution in [3.8, 4) is 0 Å². The molecule has 1 aromatic carbocycles. The fourth-order valence-corrected chi connectivity index (χ4v) is 3.15. The molecule has 0 unspecified atom stereocenters. The lowest BCUT2D eigenvalue weighted by molar-refractivity contribution is -0.127. The van der Waals surface area contributed by atoms with Crippen molar-refractivity contribution in [1.29, 1.82) is 0 Å². The van der Waals surface area contributed by atoms with Gasteiger partial charge in [-0.2, -0.15) is 0 Å². The van der Waals surface area contributed by atoms with Crippen molar-refractivity contribution in [2.45, 2.75) is 26.3 Å². The molecule has 3 rings (SSSR count). The Balaban J connectivity index is 1.85. The van der Waals surface area contributed by atoms with Crippen molar-refractivity contribution in [2.24, 2.45) is 5.92 Å². The van der Waals surface area contributed by atoms with Crippen LogP contribution in [0.2, 0.25) is 0 Å². The van der Waals surface area contributed by atoms with Crippen LogP contribution < -0.4 is 5.32 Å². The molecule has 0 aliphatic carbocycles. The second-order valence-electron chi connectivity index (χ2n) is 6.38. The first-order valence-electron chi connectivity index (χ1n) is 8.01. The largest absolute Gasteiger partial charge is 0.338 e. The molecule has 0 bridgehead atoms. The van der Waals surface area contributed by atoms with Gasteiger partial charge in [0.2, 0.25) is 11.8 Å². The van der Waals surface area contributed by atoms with Crippen molar-refractivity contribution in [3.05, 3.63) is 59.3 Å². The zero-order valence-corrected chi connectivity index (χ0v) is 14.1. The number of carbonyl (C=O) groups excluding carboxylic acids is 2. The summed E-state index contributed by atoms with van der Waals surface area (Å²) in [5.41, 5.74) is 3.15. The maximum Gasteiger partial charge on any atom is 0.231 e. The second-order valence-corrected chi connectivity index (χ2v) is 6.38. The van der Waals surface area contributed by atoms with Gasteiger partial charge in [-0.15, -0.1) is 0 Å². The summed E-state index contributed by atoms with van der Waals surface area (Å²) in [5.74, 6) is -0.0912. The quantitative estimate of drug-likeness (QED) is 0.945. The van der Waals surface area contributed by atoms with Gasteiger partial charge in [-0.3, -0.25) is 9.59 Å². The number of amides is 2. The number of aryl methyl sites for hydroxylation is 2. The predicted octanol–water partition coefficient (Wildman–Crippen LogP) is 2.86. The zero-order chi connectivity index (χ0) is 17.3. The number of anilines is 1. The van der Waals surface area contributed by atoms with Crippen LogP contribution in [0.15, 0.2) is 42.6 Å². The van der Waals surface area contributed by atoms with Gasteiger partial charge in [0.05, 0.1) is 12.0 Å². The number of hydrogen-bond acceptors (Lipinski definition) is 3. The van der Waals surface area contributed by atoms with Crippen molar-refractivity contribution >= 4 is 17.6 Å². The number of nitrogens with one attached hydrogen (secondary N) is 1. The molecule has 24 heavy (non-hydrogen) atoms. The van der Waals surface area contributed by atoms with Gasteiger partial charge in [-0.1, -0.05) is 29.8 Å². The Morgan fingerprint density at radius 1 is 1.17 bits per heavy atom. The molecule has 5 nitrogen and oxygen atoms in total. The normalized spacial score (nSPS) is 20.3. The average molecular weight is 323 g/mol. The van der Waals surface area contributed by atoms with Gasteiger partial charge in [0.15, 0.2) is 0 Å². The minimum absolute atomic E-state index is 0.0158. The maximum absolute atomic E-state index is 12.7. The summed E-state index contributed by atoms with van der Waals surface area (Å²) in [6, 6.07) is 11.4. The summed E-state index contributed by atoms with van der Waals surface area (Å²) in [7, 11) is 1.76. The Hall–Kier alpha value is -2.69. The molecule has 2 heterocycles. The molecule has 0 radical (unpaired) electrons. The maximum atomic E-state index is 12.7. The second kappa shape index (κ2) is 6.43. The van der Waals surface area contributed by atoms with E-state index < -0.39 is 5.92 Å². The molecule has 1 aliphatic heterocycles. The molecule has 2 amide bonds. The lowest BCUT2D eigenvalue weighted by atomic mass is 9.92. The van der Waals surface area contributed by atoms with Crippen LogP contribution in [-0.4, -0.2) is 28.7 Å². The third-order valence-electron chi connectivity index (χ3n) is 4.51. The Morgan fingerprint density at radius 3 is 2.54 bits per heavy atom. The molecule has 2 atom stereocenters. The van der Waals surface area contributed by atoms with E-state index >= 15 is 0 Å². The lowest BCUT2D eigenvalue weighted by Gasteiger charge is -2.25. The molecule has 1 aromatic heterocycles. The van der Waals surface area contributed by atoms with E-state index in [9.17, 15) is 9.59 Å². The Kier molecular flexibility index (Phi) is 4.34.